The van der Waals surface area contributed by atoms with Gasteiger partial charge in [0, 0.05) is 16.9 Å². The van der Waals surface area contributed by atoms with Gasteiger partial charge in [0.2, 0.25) is 0 Å². The van der Waals surface area contributed by atoms with Gasteiger partial charge in [-0.15, -0.1) is 0 Å². The minimum Gasteiger partial charge on any atom is -0.310 e. The second-order valence-electron chi connectivity index (χ2n) is 16.0. The molecule has 1 fully saturated rings. The average molecular weight is 686 g/mol. The van der Waals surface area contributed by atoms with Gasteiger partial charge in [-0.3, -0.25) is 0 Å². The topological polar surface area (TPSA) is 3.24 Å². The van der Waals surface area contributed by atoms with Crippen molar-refractivity contribution in [1.82, 2.24) is 0 Å². The van der Waals surface area contributed by atoms with Crippen LogP contribution in [-0.2, 0) is 5.41 Å². The minimum absolute atomic E-state index is 0.0746. The van der Waals surface area contributed by atoms with Crippen LogP contribution in [0.2, 0.25) is 0 Å². The summed E-state index contributed by atoms with van der Waals surface area (Å²) < 4.78 is 0. The van der Waals surface area contributed by atoms with Crippen LogP contribution in [-0.4, -0.2) is 0 Å². The molecule has 0 unspecified atom stereocenters. The predicted molar refractivity (Wildman–Crippen MR) is 229 cm³/mol. The molecule has 260 valence electrons. The normalized spacial score (nSPS) is 13.9. The third-order valence-corrected chi connectivity index (χ3v) is 11.6. The molecule has 0 saturated heterocycles. The van der Waals surface area contributed by atoms with Gasteiger partial charge in [-0.2, -0.15) is 0 Å². The van der Waals surface area contributed by atoms with Crippen molar-refractivity contribution < 1.29 is 0 Å². The van der Waals surface area contributed by atoms with E-state index >= 15 is 0 Å². The number of para-hydroxylation sites is 1. The number of nitrogens with zero attached hydrogens (tertiary/aromatic N) is 1. The fourth-order valence-electron chi connectivity index (χ4n) is 8.86. The number of hydrogen-bond donors (Lipinski definition) is 0. The summed E-state index contributed by atoms with van der Waals surface area (Å²) in [6.45, 7) is 6.86. The quantitative estimate of drug-likeness (QED) is 0.158. The lowest BCUT2D eigenvalue weighted by molar-refractivity contribution is 0.445. The maximum Gasteiger partial charge on any atom is 0.0540 e. The lowest BCUT2D eigenvalue weighted by Crippen LogP contribution is -2.14. The molecular weight excluding hydrogens is 639 g/mol. The third-order valence-electron chi connectivity index (χ3n) is 11.6. The second-order valence-corrected chi connectivity index (χ2v) is 16.0. The summed E-state index contributed by atoms with van der Waals surface area (Å²) in [5.74, 6) is 0.612. The van der Waals surface area contributed by atoms with Gasteiger partial charge in [-0.25, -0.2) is 0 Å². The Morgan fingerprint density at radius 2 is 1.06 bits per heavy atom. The van der Waals surface area contributed by atoms with Crippen molar-refractivity contribution in [2.45, 2.75) is 64.2 Å². The summed E-state index contributed by atoms with van der Waals surface area (Å²) in [4.78, 5) is 2.46. The molecule has 0 aliphatic heterocycles. The van der Waals surface area contributed by atoms with Crippen LogP contribution in [0.1, 0.15) is 69.9 Å². The predicted octanol–water partition coefficient (Wildman–Crippen LogP) is 15.3. The number of fused-ring (bicyclic) bond motifs is 4. The molecule has 0 bridgehead atoms. The zero-order valence-corrected chi connectivity index (χ0v) is 31.1. The molecule has 1 nitrogen and oxygen atoms in total. The van der Waals surface area contributed by atoms with Crippen LogP contribution in [0.15, 0.2) is 164 Å². The molecule has 0 spiro atoms. The molecule has 0 radical (unpaired) electrons. The molecule has 0 aromatic heterocycles. The molecule has 8 aromatic carbocycles. The van der Waals surface area contributed by atoms with Crippen molar-refractivity contribution >= 4 is 49.4 Å². The molecule has 0 atom stereocenters. The van der Waals surface area contributed by atoms with E-state index in [1.54, 1.807) is 0 Å². The smallest absolute Gasteiger partial charge is 0.0540 e. The van der Waals surface area contributed by atoms with E-state index in [4.69, 9.17) is 0 Å². The van der Waals surface area contributed by atoms with Crippen molar-refractivity contribution in [2.24, 2.45) is 0 Å². The highest BCUT2D eigenvalue weighted by Crippen LogP contribution is 2.46. The lowest BCUT2D eigenvalue weighted by Gasteiger charge is -2.30. The minimum atomic E-state index is 0.0746. The van der Waals surface area contributed by atoms with E-state index < -0.39 is 0 Å². The second kappa shape index (κ2) is 13.7. The Bertz CT molecular complexity index is 2560. The molecule has 1 heteroatoms. The van der Waals surface area contributed by atoms with E-state index in [0.717, 1.165) is 11.4 Å². The van der Waals surface area contributed by atoms with E-state index in [2.05, 4.69) is 189 Å². The lowest BCUT2D eigenvalue weighted by atomic mass is 9.80. The highest BCUT2D eigenvalue weighted by Gasteiger charge is 2.23. The third kappa shape index (κ3) is 6.19. The summed E-state index contributed by atoms with van der Waals surface area (Å²) in [6, 6.07) is 61.3. The van der Waals surface area contributed by atoms with E-state index in [9.17, 15) is 0 Å². The largest absolute Gasteiger partial charge is 0.310 e. The van der Waals surface area contributed by atoms with Gasteiger partial charge < -0.3 is 4.90 Å². The van der Waals surface area contributed by atoms with E-state index in [1.165, 1.54) is 103 Å². The molecule has 1 aliphatic carbocycles. The Balaban J connectivity index is 1.20. The van der Waals surface area contributed by atoms with Crippen LogP contribution < -0.4 is 4.90 Å². The van der Waals surface area contributed by atoms with Crippen molar-refractivity contribution in [3.63, 3.8) is 0 Å². The van der Waals surface area contributed by atoms with Gasteiger partial charge in [0.15, 0.2) is 0 Å². The molecule has 0 N–H and O–H groups in total. The summed E-state index contributed by atoms with van der Waals surface area (Å²) in [5, 5.41) is 7.89. The Hall–Kier alpha value is -5.66. The maximum atomic E-state index is 2.46. The molecule has 0 heterocycles. The van der Waals surface area contributed by atoms with Crippen LogP contribution in [0.3, 0.4) is 0 Å². The Morgan fingerprint density at radius 3 is 1.83 bits per heavy atom. The highest BCUT2D eigenvalue weighted by atomic mass is 15.1. The first-order valence-electron chi connectivity index (χ1n) is 19.5. The molecule has 1 saturated carbocycles. The standard InChI is InChI=1S/C52H47N/c1-52(2,3)40-29-33-42(34-30-40)53(41-31-26-38(27-32-41)44-21-13-23-46-43-19-8-7-16-37(43)28-35-47(44)46)50-25-10-9-20-48(50)49-24-12-18-39-17-11-22-45(51(39)49)36-14-5-4-6-15-36/h7-13,16-36H,4-6,14-15H2,1-3H3. The first kappa shape index (κ1) is 33.2. The molecule has 9 rings (SSSR count). The highest BCUT2D eigenvalue weighted by molar-refractivity contribution is 6.12. The Labute approximate surface area is 314 Å². The molecule has 1 aliphatic rings. The number of hydrogen-bond acceptors (Lipinski definition) is 1. The van der Waals surface area contributed by atoms with Crippen LogP contribution in [0.25, 0.3) is 54.6 Å². The molecule has 0 amide bonds. The van der Waals surface area contributed by atoms with Crippen molar-refractivity contribution in [2.75, 3.05) is 4.90 Å². The first-order chi connectivity index (χ1) is 25.9. The summed E-state index contributed by atoms with van der Waals surface area (Å²) in [5.41, 5.74) is 11.5. The van der Waals surface area contributed by atoms with Gasteiger partial charge in [0.1, 0.15) is 0 Å². The van der Waals surface area contributed by atoms with Crippen LogP contribution >= 0.6 is 0 Å². The van der Waals surface area contributed by atoms with Crippen LogP contribution in [0.5, 0.6) is 0 Å². The number of anilines is 3. The average Bonchev–Trinajstić information content (AvgIpc) is 3.21. The summed E-state index contributed by atoms with van der Waals surface area (Å²) in [6.07, 6.45) is 6.56. The monoisotopic (exact) mass is 685 g/mol. The van der Waals surface area contributed by atoms with E-state index in [0.29, 0.717) is 5.92 Å². The fraction of sp³-hybridized carbons (Fsp3) is 0.192. The van der Waals surface area contributed by atoms with Gasteiger partial charge in [0.05, 0.1) is 5.69 Å². The Kier molecular flexibility index (Phi) is 8.59. The van der Waals surface area contributed by atoms with Crippen LogP contribution in [0.4, 0.5) is 17.1 Å². The van der Waals surface area contributed by atoms with Gasteiger partial charge >= 0.3 is 0 Å². The van der Waals surface area contributed by atoms with Crippen LogP contribution in [0, 0.1) is 0 Å². The van der Waals surface area contributed by atoms with Crippen molar-refractivity contribution in [3.05, 3.63) is 175 Å². The van der Waals surface area contributed by atoms with E-state index in [1.807, 2.05) is 0 Å². The number of rotatable bonds is 6. The maximum absolute atomic E-state index is 2.46. The SMILES string of the molecule is CC(C)(C)c1ccc(N(c2ccc(-c3cccc4c3ccc3ccccc34)cc2)c2ccccc2-c2cccc3cccc(C4CCCCC4)c23)cc1. The molecular formula is C52H47N. The van der Waals surface area contributed by atoms with Gasteiger partial charge in [-0.05, 0) is 115 Å². The fourth-order valence-corrected chi connectivity index (χ4v) is 8.86. The molecule has 53 heavy (non-hydrogen) atoms. The number of benzene rings is 8. The first-order valence-corrected chi connectivity index (χ1v) is 19.5. The Morgan fingerprint density at radius 1 is 0.453 bits per heavy atom. The molecule has 8 aromatic rings. The van der Waals surface area contributed by atoms with Gasteiger partial charge in [0.25, 0.3) is 0 Å². The zero-order chi connectivity index (χ0) is 35.9. The summed E-state index contributed by atoms with van der Waals surface area (Å²) >= 11 is 0. The van der Waals surface area contributed by atoms with Crippen molar-refractivity contribution in [1.29, 1.82) is 0 Å². The van der Waals surface area contributed by atoms with E-state index in [-0.39, 0.29) is 5.41 Å². The van der Waals surface area contributed by atoms with Gasteiger partial charge in [-0.1, -0.05) is 173 Å². The zero-order valence-electron chi connectivity index (χ0n) is 31.1. The summed E-state index contributed by atoms with van der Waals surface area (Å²) in [7, 11) is 0. The van der Waals surface area contributed by atoms with Crippen molar-refractivity contribution in [3.8, 4) is 22.3 Å².